The van der Waals surface area contributed by atoms with Crippen LogP contribution in [-0.2, 0) is 19.6 Å². The van der Waals surface area contributed by atoms with Crippen molar-refractivity contribution < 1.29 is 22.7 Å². The van der Waals surface area contributed by atoms with Gasteiger partial charge in [-0.2, -0.15) is 0 Å². The number of nitrogens with two attached hydrogens (primary N) is 1. The zero-order valence-electron chi connectivity index (χ0n) is 19.0. The Morgan fingerprint density at radius 3 is 2.34 bits per heavy atom. The minimum absolute atomic E-state index is 0.00457. The fraction of sp³-hybridized carbons (Fsp3) is 0.636. The highest BCUT2D eigenvalue weighted by Crippen LogP contribution is 2.30. The lowest BCUT2D eigenvalue weighted by molar-refractivity contribution is -0.118. The molecule has 178 valence electrons. The van der Waals surface area contributed by atoms with Crippen LogP contribution >= 0.6 is 0 Å². The van der Waals surface area contributed by atoms with Gasteiger partial charge < -0.3 is 15.0 Å². The first kappa shape index (κ1) is 24.5. The lowest BCUT2D eigenvalue weighted by atomic mass is 9.94. The van der Waals surface area contributed by atoms with Crippen LogP contribution in [0, 0.1) is 0 Å². The first-order chi connectivity index (χ1) is 14.9. The van der Waals surface area contributed by atoms with Crippen molar-refractivity contribution in [3.05, 3.63) is 24.3 Å². The van der Waals surface area contributed by atoms with E-state index in [2.05, 4.69) is 10.2 Å². The number of nitrogens with zero attached hydrogens (tertiary/aromatic N) is 2. The summed E-state index contributed by atoms with van der Waals surface area (Å²) in [5, 5.41) is 7.94. The molecule has 1 aromatic carbocycles. The van der Waals surface area contributed by atoms with Crippen LogP contribution in [0.3, 0.4) is 0 Å². The number of anilines is 1. The van der Waals surface area contributed by atoms with E-state index in [-0.39, 0.29) is 35.5 Å². The van der Waals surface area contributed by atoms with Crippen LogP contribution < -0.4 is 10.5 Å². The van der Waals surface area contributed by atoms with Gasteiger partial charge in [0.15, 0.2) is 0 Å². The van der Waals surface area contributed by atoms with Gasteiger partial charge in [0.2, 0.25) is 15.9 Å². The lowest BCUT2D eigenvalue weighted by Gasteiger charge is -2.42. The second kappa shape index (κ2) is 9.76. The summed E-state index contributed by atoms with van der Waals surface area (Å²) in [4.78, 5) is 29.4. The standard InChI is InChI=1S/C22H34N4O5S/c1-22(2,3)31-21(28)26-14-6-8-19(26)18-7-4-5-13-25(18)15-20(27)24-16-9-11-17(12-10-16)32(23,29)30/h9-12,18-19H,4-8,13-15H2,1-3H3,(H,24,27)(H2,23,29,30)/t18-,19-/m0/s1. The quantitative estimate of drug-likeness (QED) is 0.688. The Labute approximate surface area is 190 Å². The highest BCUT2D eigenvalue weighted by Gasteiger charge is 2.40. The van der Waals surface area contributed by atoms with Gasteiger partial charge in [-0.25, -0.2) is 18.4 Å². The maximum Gasteiger partial charge on any atom is 0.410 e. The van der Waals surface area contributed by atoms with Gasteiger partial charge in [0.1, 0.15) is 5.60 Å². The summed E-state index contributed by atoms with van der Waals surface area (Å²) in [6.45, 7) is 7.27. The molecule has 2 amide bonds. The third-order valence-corrected chi connectivity index (χ3v) is 6.78. The van der Waals surface area contributed by atoms with E-state index in [1.165, 1.54) is 24.3 Å². The van der Waals surface area contributed by atoms with E-state index in [0.29, 0.717) is 12.2 Å². The van der Waals surface area contributed by atoms with Gasteiger partial charge in [0, 0.05) is 18.3 Å². The van der Waals surface area contributed by atoms with E-state index in [4.69, 9.17) is 9.88 Å². The molecule has 9 nitrogen and oxygen atoms in total. The number of amides is 2. The SMILES string of the molecule is CC(C)(C)OC(=O)N1CCC[C@H]1[C@@H]1CCCCN1CC(=O)Nc1ccc(S(N)(=O)=O)cc1. The van der Waals surface area contributed by atoms with Crippen LogP contribution in [0.15, 0.2) is 29.2 Å². The molecule has 3 N–H and O–H groups in total. The monoisotopic (exact) mass is 466 g/mol. The van der Waals surface area contributed by atoms with Crippen molar-refractivity contribution in [1.29, 1.82) is 0 Å². The Morgan fingerprint density at radius 1 is 1.06 bits per heavy atom. The normalized spacial score (nSPS) is 22.6. The molecule has 2 saturated heterocycles. The largest absolute Gasteiger partial charge is 0.444 e. The van der Waals surface area contributed by atoms with E-state index >= 15 is 0 Å². The molecule has 2 aliphatic rings. The smallest absolute Gasteiger partial charge is 0.410 e. The van der Waals surface area contributed by atoms with E-state index in [1.54, 1.807) is 0 Å². The second-order valence-electron chi connectivity index (χ2n) is 9.53. The Balaban J connectivity index is 1.64. The van der Waals surface area contributed by atoms with Crippen molar-refractivity contribution in [3.8, 4) is 0 Å². The number of hydrogen-bond donors (Lipinski definition) is 2. The van der Waals surface area contributed by atoms with Crippen LogP contribution in [-0.4, -0.2) is 67.5 Å². The third kappa shape index (κ3) is 6.43. The van der Waals surface area contributed by atoms with Gasteiger partial charge in [0.05, 0.1) is 17.5 Å². The number of rotatable bonds is 5. The molecule has 0 aliphatic carbocycles. The number of benzene rings is 1. The second-order valence-corrected chi connectivity index (χ2v) is 11.1. The molecule has 2 aliphatic heterocycles. The molecule has 0 radical (unpaired) electrons. The summed E-state index contributed by atoms with van der Waals surface area (Å²) >= 11 is 0. The van der Waals surface area contributed by atoms with Gasteiger partial charge in [-0.15, -0.1) is 0 Å². The molecule has 0 unspecified atom stereocenters. The average Bonchev–Trinajstić information content (AvgIpc) is 3.16. The zero-order valence-corrected chi connectivity index (χ0v) is 19.9. The van der Waals surface area contributed by atoms with Gasteiger partial charge in [-0.1, -0.05) is 6.42 Å². The maximum atomic E-state index is 12.7. The highest BCUT2D eigenvalue weighted by atomic mass is 32.2. The molecule has 0 spiro atoms. The summed E-state index contributed by atoms with van der Waals surface area (Å²) < 4.78 is 28.4. The number of carbonyl (C=O) groups is 2. The molecule has 10 heteroatoms. The Bertz CT molecular complexity index is 927. The number of ether oxygens (including phenoxy) is 1. The van der Waals surface area contributed by atoms with Crippen LogP contribution in [0.5, 0.6) is 0 Å². The van der Waals surface area contributed by atoms with Crippen molar-refractivity contribution in [1.82, 2.24) is 9.80 Å². The van der Waals surface area contributed by atoms with Crippen LogP contribution in [0.1, 0.15) is 52.9 Å². The molecule has 0 aromatic heterocycles. The number of hydrogen-bond acceptors (Lipinski definition) is 6. The number of sulfonamides is 1. The van der Waals surface area contributed by atoms with Gasteiger partial charge in [0.25, 0.3) is 0 Å². The maximum absolute atomic E-state index is 12.7. The van der Waals surface area contributed by atoms with Crippen LogP contribution in [0.4, 0.5) is 10.5 Å². The molecular formula is C22H34N4O5S. The molecular weight excluding hydrogens is 432 g/mol. The summed E-state index contributed by atoms with van der Waals surface area (Å²) in [6.07, 6.45) is 4.54. The van der Waals surface area contributed by atoms with Gasteiger partial charge >= 0.3 is 6.09 Å². The van der Waals surface area contributed by atoms with Crippen molar-refractivity contribution in [3.63, 3.8) is 0 Å². The first-order valence-corrected chi connectivity index (χ1v) is 12.6. The van der Waals surface area contributed by atoms with Gasteiger partial charge in [-0.05, 0) is 77.3 Å². The fourth-order valence-electron chi connectivity index (χ4n) is 4.50. The fourth-order valence-corrected chi connectivity index (χ4v) is 5.02. The Kier molecular flexibility index (Phi) is 7.46. The molecule has 3 rings (SSSR count). The highest BCUT2D eigenvalue weighted by molar-refractivity contribution is 7.89. The van der Waals surface area contributed by atoms with Crippen molar-refractivity contribution in [2.75, 3.05) is 25.0 Å². The van der Waals surface area contributed by atoms with E-state index in [1.807, 2.05) is 25.7 Å². The van der Waals surface area contributed by atoms with E-state index in [0.717, 1.165) is 38.6 Å². The summed E-state index contributed by atoms with van der Waals surface area (Å²) in [5.41, 5.74) is -0.0398. The van der Waals surface area contributed by atoms with E-state index in [9.17, 15) is 18.0 Å². The Hall–Kier alpha value is -2.17. The molecule has 0 bridgehead atoms. The number of nitrogens with one attached hydrogen (secondary N) is 1. The summed E-state index contributed by atoms with van der Waals surface area (Å²) in [5.74, 6) is -0.179. The summed E-state index contributed by atoms with van der Waals surface area (Å²) in [7, 11) is -3.77. The average molecular weight is 467 g/mol. The number of primary sulfonamides is 1. The Morgan fingerprint density at radius 2 is 1.72 bits per heavy atom. The van der Waals surface area contributed by atoms with Crippen LogP contribution in [0.2, 0.25) is 0 Å². The minimum atomic E-state index is -3.77. The van der Waals surface area contributed by atoms with Crippen LogP contribution in [0.25, 0.3) is 0 Å². The predicted octanol–water partition coefficient (Wildman–Crippen LogP) is 2.53. The van der Waals surface area contributed by atoms with Crippen molar-refractivity contribution >= 4 is 27.7 Å². The molecule has 1 aromatic rings. The van der Waals surface area contributed by atoms with Gasteiger partial charge in [-0.3, -0.25) is 9.69 Å². The molecule has 2 atom stereocenters. The molecule has 32 heavy (non-hydrogen) atoms. The molecule has 0 saturated carbocycles. The number of likely N-dealkylation sites (tertiary alicyclic amines) is 2. The minimum Gasteiger partial charge on any atom is -0.444 e. The van der Waals surface area contributed by atoms with Crippen molar-refractivity contribution in [2.24, 2.45) is 5.14 Å². The summed E-state index contributed by atoms with van der Waals surface area (Å²) in [6, 6.07) is 5.91. The van der Waals surface area contributed by atoms with Crippen molar-refractivity contribution in [2.45, 2.75) is 75.5 Å². The topological polar surface area (TPSA) is 122 Å². The third-order valence-electron chi connectivity index (χ3n) is 5.85. The predicted molar refractivity (Wildman–Crippen MR) is 122 cm³/mol. The molecule has 2 heterocycles. The molecule has 2 fully saturated rings. The first-order valence-electron chi connectivity index (χ1n) is 11.1. The zero-order chi connectivity index (χ0) is 23.5. The lowest BCUT2D eigenvalue weighted by Crippen LogP contribution is -2.55. The number of piperidine rings is 1. The number of carbonyl (C=O) groups excluding carboxylic acids is 2. The van der Waals surface area contributed by atoms with E-state index < -0.39 is 15.6 Å².